The molecule has 0 aromatic rings. The molecule has 1 aliphatic rings. The minimum absolute atomic E-state index is 0.301. The van der Waals surface area contributed by atoms with Crippen LogP contribution in [0.25, 0.3) is 0 Å². The van der Waals surface area contributed by atoms with E-state index in [-0.39, 0.29) is 5.97 Å². The van der Waals surface area contributed by atoms with Crippen molar-refractivity contribution in [2.24, 2.45) is 0 Å². The maximum Gasteiger partial charge on any atom is 0.330 e. The van der Waals surface area contributed by atoms with Crippen molar-refractivity contribution in [1.29, 1.82) is 0 Å². The Balaban J connectivity index is 0.00000141. The van der Waals surface area contributed by atoms with Crippen molar-refractivity contribution < 1.29 is 23.9 Å². The van der Waals surface area contributed by atoms with Crippen LogP contribution in [-0.4, -0.2) is 49.7 Å². The first kappa shape index (κ1) is 24.6. The quantitative estimate of drug-likeness (QED) is 0.216. The number of ether oxygens (including phenoxy) is 1. The molecule has 0 spiro atoms. The van der Waals surface area contributed by atoms with E-state index < -0.39 is 5.97 Å². The van der Waals surface area contributed by atoms with Crippen molar-refractivity contribution in [3.8, 4) is 0 Å². The molecule has 5 nitrogen and oxygen atoms in total. The number of esters is 1. The molecule has 1 aliphatic heterocycles. The lowest BCUT2D eigenvalue weighted by atomic mass is 10.1. The highest BCUT2D eigenvalue weighted by atomic mass is 16.5. The Bertz CT molecular complexity index is 385. The van der Waals surface area contributed by atoms with E-state index in [1.165, 1.54) is 94.4 Å². The minimum Gasteiger partial charge on any atom is -0.550 e. The second kappa shape index (κ2) is 15.9. The van der Waals surface area contributed by atoms with Crippen molar-refractivity contribution >= 4 is 11.9 Å². The molecule has 26 heavy (non-hydrogen) atoms. The third kappa shape index (κ3) is 16.1. The fraction of sp³-hybridized carbons (Fsp3) is 0.810. The van der Waals surface area contributed by atoms with Gasteiger partial charge in [0.1, 0.15) is 0 Å². The lowest BCUT2D eigenvalue weighted by molar-refractivity contribution is -0.897. The molecule has 1 fully saturated rings. The smallest absolute Gasteiger partial charge is 0.330 e. The predicted molar refractivity (Wildman–Crippen MR) is 103 cm³/mol. The van der Waals surface area contributed by atoms with Crippen LogP contribution in [0.3, 0.4) is 0 Å². The van der Waals surface area contributed by atoms with Crippen LogP contribution in [0, 0.1) is 0 Å². The molecule has 0 radical (unpaired) electrons. The maximum atomic E-state index is 10.8. The van der Waals surface area contributed by atoms with Gasteiger partial charge in [-0.15, -0.1) is 0 Å². The van der Waals surface area contributed by atoms with Gasteiger partial charge in [0.15, 0.2) is 0 Å². The van der Waals surface area contributed by atoms with E-state index in [1.54, 1.807) is 0 Å². The Kier molecular flexibility index (Phi) is 15.0. The molecular formula is C21H39NO4. The van der Waals surface area contributed by atoms with Gasteiger partial charge in [0.05, 0.1) is 33.3 Å². The third-order valence-electron chi connectivity index (χ3n) is 4.90. The number of carbonyl (C=O) groups excluding carboxylic acids is 2. The molecule has 0 unspecified atom stereocenters. The first-order valence-electron chi connectivity index (χ1n) is 10.2. The number of hydrogen-bond donors (Lipinski definition) is 0. The van der Waals surface area contributed by atoms with Gasteiger partial charge in [0, 0.05) is 24.9 Å². The standard InChI is InChI=1S/C19H36NO2.C2H4O2/c1-3-19(21)22-18-14-10-8-6-4-5-7-9-11-15-20(2)16-12-13-17-20;1-2(3)4/h3H,1,4-18H2,2H3;1H3,(H,3,4)/q+1;/p-1. The normalized spacial score (nSPS) is 15.0. The molecule has 0 bridgehead atoms. The number of carbonyl (C=O) groups is 2. The highest BCUT2D eigenvalue weighted by Gasteiger charge is 2.25. The number of quaternary nitrogens is 1. The zero-order valence-electron chi connectivity index (χ0n) is 17.0. The van der Waals surface area contributed by atoms with E-state index in [2.05, 4.69) is 13.6 Å². The summed E-state index contributed by atoms with van der Waals surface area (Å²) in [4.78, 5) is 19.7. The second-order valence-electron chi connectivity index (χ2n) is 7.54. The largest absolute Gasteiger partial charge is 0.550 e. The SMILES string of the molecule is C=CC(=O)OCCCCCCCCCCC[N+]1(C)CCCC1.CC(=O)[O-]. The predicted octanol–water partition coefficient (Wildman–Crippen LogP) is 3.22. The minimum atomic E-state index is -1.08. The summed E-state index contributed by atoms with van der Waals surface area (Å²) in [6, 6.07) is 0. The van der Waals surface area contributed by atoms with Crippen LogP contribution in [0.4, 0.5) is 0 Å². The van der Waals surface area contributed by atoms with E-state index in [1.807, 2.05) is 0 Å². The summed E-state index contributed by atoms with van der Waals surface area (Å²) in [6.07, 6.45) is 15.8. The monoisotopic (exact) mass is 369 g/mol. The molecule has 0 atom stereocenters. The van der Waals surface area contributed by atoms with Gasteiger partial charge in [0.25, 0.3) is 0 Å². The highest BCUT2D eigenvalue weighted by molar-refractivity contribution is 5.81. The van der Waals surface area contributed by atoms with Gasteiger partial charge >= 0.3 is 5.97 Å². The number of carboxylic acid groups (broad SMARTS) is 1. The molecule has 0 aromatic heterocycles. The molecule has 1 saturated heterocycles. The van der Waals surface area contributed by atoms with Gasteiger partial charge in [-0.3, -0.25) is 0 Å². The van der Waals surface area contributed by atoms with Crippen molar-refractivity contribution in [3.63, 3.8) is 0 Å². The molecule has 0 aliphatic carbocycles. The number of hydrogen-bond acceptors (Lipinski definition) is 4. The van der Waals surface area contributed by atoms with Crippen molar-refractivity contribution in [2.45, 2.75) is 77.6 Å². The zero-order valence-corrected chi connectivity index (χ0v) is 17.0. The number of unbranched alkanes of at least 4 members (excludes halogenated alkanes) is 8. The summed E-state index contributed by atoms with van der Waals surface area (Å²) in [5.41, 5.74) is 0. The summed E-state index contributed by atoms with van der Waals surface area (Å²) < 4.78 is 6.28. The average molecular weight is 370 g/mol. The molecular weight excluding hydrogens is 330 g/mol. The summed E-state index contributed by atoms with van der Waals surface area (Å²) in [7, 11) is 2.43. The van der Waals surface area contributed by atoms with E-state index >= 15 is 0 Å². The van der Waals surface area contributed by atoms with Crippen LogP contribution in [-0.2, 0) is 14.3 Å². The Morgan fingerprint density at radius 1 is 0.962 bits per heavy atom. The molecule has 1 heterocycles. The summed E-state index contributed by atoms with van der Waals surface area (Å²) in [6.45, 7) is 9.10. The van der Waals surface area contributed by atoms with Gasteiger partial charge in [-0.25, -0.2) is 4.79 Å². The van der Waals surface area contributed by atoms with Crippen LogP contribution in [0.15, 0.2) is 12.7 Å². The van der Waals surface area contributed by atoms with Crippen molar-refractivity contribution in [3.05, 3.63) is 12.7 Å². The average Bonchev–Trinajstić information content (AvgIpc) is 3.02. The maximum absolute atomic E-state index is 10.8. The lowest BCUT2D eigenvalue weighted by Crippen LogP contribution is -2.41. The lowest BCUT2D eigenvalue weighted by Gasteiger charge is -2.29. The summed E-state index contributed by atoms with van der Waals surface area (Å²) in [5.74, 6) is -1.38. The Hall–Kier alpha value is -1.36. The molecule has 0 saturated carbocycles. The zero-order chi connectivity index (χ0) is 19.7. The van der Waals surface area contributed by atoms with Crippen LogP contribution >= 0.6 is 0 Å². The molecule has 0 N–H and O–H groups in total. The number of rotatable bonds is 13. The summed E-state index contributed by atoms with van der Waals surface area (Å²) in [5, 5.41) is 8.89. The Morgan fingerprint density at radius 3 is 1.85 bits per heavy atom. The van der Waals surface area contributed by atoms with Gasteiger partial charge in [0.2, 0.25) is 0 Å². The molecule has 0 aromatic carbocycles. The van der Waals surface area contributed by atoms with Crippen molar-refractivity contribution in [2.75, 3.05) is 33.3 Å². The van der Waals surface area contributed by atoms with Crippen LogP contribution < -0.4 is 5.11 Å². The first-order valence-corrected chi connectivity index (χ1v) is 10.2. The number of likely N-dealkylation sites (tertiary alicyclic amines) is 1. The fourth-order valence-corrected chi connectivity index (χ4v) is 3.39. The number of carboxylic acids is 1. The number of nitrogens with zero attached hydrogens (tertiary/aromatic N) is 1. The van der Waals surface area contributed by atoms with Gasteiger partial charge < -0.3 is 19.1 Å². The van der Waals surface area contributed by atoms with Gasteiger partial charge in [-0.2, -0.15) is 0 Å². The van der Waals surface area contributed by atoms with E-state index in [4.69, 9.17) is 14.6 Å². The molecule has 1 rings (SSSR count). The van der Waals surface area contributed by atoms with E-state index in [0.29, 0.717) is 6.61 Å². The van der Waals surface area contributed by atoms with Gasteiger partial charge in [-0.05, 0) is 26.2 Å². The number of aliphatic carboxylic acids is 1. The fourth-order valence-electron chi connectivity index (χ4n) is 3.39. The highest BCUT2D eigenvalue weighted by Crippen LogP contribution is 2.18. The van der Waals surface area contributed by atoms with Crippen LogP contribution in [0.1, 0.15) is 77.6 Å². The Morgan fingerprint density at radius 2 is 1.38 bits per heavy atom. The molecule has 5 heteroatoms. The summed E-state index contributed by atoms with van der Waals surface area (Å²) >= 11 is 0. The first-order chi connectivity index (χ1) is 12.4. The topological polar surface area (TPSA) is 66.4 Å². The third-order valence-corrected chi connectivity index (χ3v) is 4.90. The van der Waals surface area contributed by atoms with Crippen LogP contribution in [0.2, 0.25) is 0 Å². The van der Waals surface area contributed by atoms with Crippen LogP contribution in [0.5, 0.6) is 0 Å². The van der Waals surface area contributed by atoms with Crippen molar-refractivity contribution in [1.82, 2.24) is 0 Å². The second-order valence-corrected chi connectivity index (χ2v) is 7.54. The van der Waals surface area contributed by atoms with E-state index in [0.717, 1.165) is 13.3 Å². The Labute approximate surface area is 160 Å². The van der Waals surface area contributed by atoms with E-state index in [9.17, 15) is 4.79 Å². The van der Waals surface area contributed by atoms with Gasteiger partial charge in [-0.1, -0.05) is 45.1 Å². The molecule has 0 amide bonds. The molecule has 152 valence electrons.